The minimum Gasteiger partial charge on any atom is -0.481 e. The predicted molar refractivity (Wildman–Crippen MR) is 65.0 cm³/mol. The van der Waals surface area contributed by atoms with Crippen molar-refractivity contribution >= 4 is 11.9 Å². The number of carbonyl (C=O) groups is 2. The topological polar surface area (TPSA) is 75.6 Å². The Morgan fingerprint density at radius 2 is 1.89 bits per heavy atom. The Morgan fingerprint density at radius 1 is 1.17 bits per heavy atom. The van der Waals surface area contributed by atoms with E-state index in [1.54, 1.807) is 0 Å². The van der Waals surface area contributed by atoms with Crippen molar-refractivity contribution in [3.63, 3.8) is 0 Å². The fraction of sp³-hybridized carbons (Fsp3) is 0.846. The summed E-state index contributed by atoms with van der Waals surface area (Å²) in [7, 11) is 0. The Bertz CT molecular complexity index is 314. The van der Waals surface area contributed by atoms with Gasteiger partial charge in [0.1, 0.15) is 0 Å². The van der Waals surface area contributed by atoms with Gasteiger partial charge in [0, 0.05) is 19.1 Å². The molecule has 0 saturated heterocycles. The first-order chi connectivity index (χ1) is 8.66. The highest BCUT2D eigenvalue weighted by molar-refractivity contribution is 5.80. The third kappa shape index (κ3) is 3.98. The fourth-order valence-electron chi connectivity index (χ4n) is 2.37. The van der Waals surface area contributed by atoms with Gasteiger partial charge in [-0.25, -0.2) is 0 Å². The molecule has 2 rings (SSSR count). The standard InChI is InChI=1S/C13H21NO4/c15-12(10-3-4-11(7-10)13(16)17)14-5-6-18-8-9-1-2-9/h9-11H,1-8H2,(H,14,15)(H,16,17)/t10-,11+/m1/s1. The number of amides is 1. The Morgan fingerprint density at radius 3 is 2.50 bits per heavy atom. The number of hydrogen-bond donors (Lipinski definition) is 2. The summed E-state index contributed by atoms with van der Waals surface area (Å²) >= 11 is 0. The highest BCUT2D eigenvalue weighted by Crippen LogP contribution is 2.31. The van der Waals surface area contributed by atoms with Crippen LogP contribution in [0.25, 0.3) is 0 Å². The number of nitrogens with one attached hydrogen (secondary N) is 1. The molecule has 2 fully saturated rings. The molecular formula is C13H21NO4. The average molecular weight is 255 g/mol. The van der Waals surface area contributed by atoms with Crippen molar-refractivity contribution in [1.82, 2.24) is 5.32 Å². The first-order valence-electron chi connectivity index (χ1n) is 6.75. The maximum Gasteiger partial charge on any atom is 0.306 e. The summed E-state index contributed by atoms with van der Waals surface area (Å²) in [6, 6.07) is 0. The van der Waals surface area contributed by atoms with Crippen molar-refractivity contribution in [3.8, 4) is 0 Å². The lowest BCUT2D eigenvalue weighted by atomic mass is 10.0. The van der Waals surface area contributed by atoms with Crippen molar-refractivity contribution in [2.24, 2.45) is 17.8 Å². The van der Waals surface area contributed by atoms with Gasteiger partial charge in [0.15, 0.2) is 0 Å². The van der Waals surface area contributed by atoms with Gasteiger partial charge in [-0.05, 0) is 38.0 Å². The molecule has 2 aliphatic carbocycles. The number of hydrogen-bond acceptors (Lipinski definition) is 3. The first-order valence-corrected chi connectivity index (χ1v) is 6.75. The Kier molecular flexibility index (Phi) is 4.58. The van der Waals surface area contributed by atoms with Gasteiger partial charge in [-0.1, -0.05) is 0 Å². The van der Waals surface area contributed by atoms with E-state index in [1.165, 1.54) is 12.8 Å². The van der Waals surface area contributed by atoms with Gasteiger partial charge in [0.25, 0.3) is 0 Å². The molecule has 0 spiro atoms. The molecule has 2 saturated carbocycles. The monoisotopic (exact) mass is 255 g/mol. The zero-order valence-corrected chi connectivity index (χ0v) is 10.6. The lowest BCUT2D eigenvalue weighted by Gasteiger charge is -2.10. The van der Waals surface area contributed by atoms with Crippen molar-refractivity contribution in [1.29, 1.82) is 0 Å². The van der Waals surface area contributed by atoms with E-state index < -0.39 is 5.97 Å². The van der Waals surface area contributed by atoms with E-state index in [0.29, 0.717) is 32.4 Å². The maximum atomic E-state index is 11.8. The van der Waals surface area contributed by atoms with Crippen LogP contribution in [0.2, 0.25) is 0 Å². The highest BCUT2D eigenvalue weighted by Gasteiger charge is 2.33. The largest absolute Gasteiger partial charge is 0.481 e. The van der Waals surface area contributed by atoms with Crippen LogP contribution in [0.5, 0.6) is 0 Å². The molecule has 0 aliphatic heterocycles. The molecule has 5 heteroatoms. The van der Waals surface area contributed by atoms with Crippen LogP contribution in [0.15, 0.2) is 0 Å². The van der Waals surface area contributed by atoms with Gasteiger partial charge in [0.05, 0.1) is 12.5 Å². The van der Waals surface area contributed by atoms with Crippen molar-refractivity contribution in [2.45, 2.75) is 32.1 Å². The van der Waals surface area contributed by atoms with E-state index in [4.69, 9.17) is 9.84 Å². The Balaban J connectivity index is 1.55. The highest BCUT2D eigenvalue weighted by atomic mass is 16.5. The quantitative estimate of drug-likeness (QED) is 0.666. The second-order valence-corrected chi connectivity index (χ2v) is 5.35. The zero-order valence-electron chi connectivity index (χ0n) is 10.6. The van der Waals surface area contributed by atoms with Gasteiger partial charge in [-0.2, -0.15) is 0 Å². The Hall–Kier alpha value is -1.10. The maximum absolute atomic E-state index is 11.8. The number of carboxylic acid groups (broad SMARTS) is 1. The second kappa shape index (κ2) is 6.18. The number of aliphatic carboxylic acids is 1. The zero-order chi connectivity index (χ0) is 13.0. The molecule has 2 N–H and O–H groups in total. The molecule has 5 nitrogen and oxygen atoms in total. The molecule has 0 aromatic heterocycles. The van der Waals surface area contributed by atoms with Gasteiger partial charge in [-0.15, -0.1) is 0 Å². The minimum absolute atomic E-state index is 0.0197. The van der Waals surface area contributed by atoms with E-state index in [2.05, 4.69) is 5.32 Å². The summed E-state index contributed by atoms with van der Waals surface area (Å²) in [4.78, 5) is 22.6. The van der Waals surface area contributed by atoms with Crippen molar-refractivity contribution < 1.29 is 19.4 Å². The van der Waals surface area contributed by atoms with Crippen LogP contribution < -0.4 is 5.32 Å². The third-order valence-corrected chi connectivity index (χ3v) is 3.75. The molecule has 0 heterocycles. The fourth-order valence-corrected chi connectivity index (χ4v) is 2.37. The summed E-state index contributed by atoms with van der Waals surface area (Å²) in [6.07, 6.45) is 4.32. The van der Waals surface area contributed by atoms with Gasteiger partial charge in [0.2, 0.25) is 5.91 Å². The van der Waals surface area contributed by atoms with E-state index >= 15 is 0 Å². The van der Waals surface area contributed by atoms with Gasteiger partial charge >= 0.3 is 5.97 Å². The molecular weight excluding hydrogens is 234 g/mol. The summed E-state index contributed by atoms with van der Waals surface area (Å²) in [5, 5.41) is 11.7. The molecule has 0 aromatic rings. The van der Waals surface area contributed by atoms with Crippen molar-refractivity contribution in [2.75, 3.05) is 19.8 Å². The normalized spacial score (nSPS) is 27.1. The molecule has 0 unspecified atom stereocenters. The second-order valence-electron chi connectivity index (χ2n) is 5.35. The summed E-state index contributed by atoms with van der Waals surface area (Å²) in [5.74, 6) is -0.528. The summed E-state index contributed by atoms with van der Waals surface area (Å²) in [5.41, 5.74) is 0. The first kappa shape index (κ1) is 13.3. The number of carbonyl (C=O) groups excluding carboxylic acids is 1. The smallest absolute Gasteiger partial charge is 0.306 e. The molecule has 1 amide bonds. The lowest BCUT2D eigenvalue weighted by Crippen LogP contribution is -2.32. The summed E-state index contributed by atoms with van der Waals surface area (Å²) < 4.78 is 5.42. The van der Waals surface area contributed by atoms with E-state index in [1.807, 2.05) is 0 Å². The van der Waals surface area contributed by atoms with Crippen LogP contribution in [0, 0.1) is 17.8 Å². The van der Waals surface area contributed by atoms with Crippen LogP contribution in [0.1, 0.15) is 32.1 Å². The number of ether oxygens (including phenoxy) is 1. The molecule has 2 aliphatic rings. The molecule has 2 atom stereocenters. The molecule has 0 bridgehead atoms. The summed E-state index contributed by atoms with van der Waals surface area (Å²) in [6.45, 7) is 1.89. The van der Waals surface area contributed by atoms with Crippen LogP contribution in [0.4, 0.5) is 0 Å². The van der Waals surface area contributed by atoms with Crippen LogP contribution >= 0.6 is 0 Å². The van der Waals surface area contributed by atoms with E-state index in [0.717, 1.165) is 12.5 Å². The molecule has 102 valence electrons. The van der Waals surface area contributed by atoms with E-state index in [9.17, 15) is 9.59 Å². The van der Waals surface area contributed by atoms with Gasteiger partial charge < -0.3 is 15.2 Å². The average Bonchev–Trinajstić information content (AvgIpc) is 3.02. The number of carboxylic acids is 1. The SMILES string of the molecule is O=C(O)[C@H]1CC[C@@H](C(=O)NCCOCC2CC2)C1. The van der Waals surface area contributed by atoms with E-state index in [-0.39, 0.29) is 17.7 Å². The molecule has 0 aromatic carbocycles. The molecule has 0 radical (unpaired) electrons. The van der Waals surface area contributed by atoms with Crippen LogP contribution in [-0.2, 0) is 14.3 Å². The Labute approximate surface area is 107 Å². The van der Waals surface area contributed by atoms with Crippen molar-refractivity contribution in [3.05, 3.63) is 0 Å². The lowest BCUT2D eigenvalue weighted by molar-refractivity contribution is -0.141. The van der Waals surface area contributed by atoms with Crippen LogP contribution in [-0.4, -0.2) is 36.7 Å². The molecule has 18 heavy (non-hydrogen) atoms. The minimum atomic E-state index is -0.780. The van der Waals surface area contributed by atoms with Gasteiger partial charge in [-0.3, -0.25) is 9.59 Å². The third-order valence-electron chi connectivity index (χ3n) is 3.75. The van der Waals surface area contributed by atoms with Crippen LogP contribution in [0.3, 0.4) is 0 Å². The predicted octanol–water partition coefficient (Wildman–Crippen LogP) is 1.03. The number of rotatable bonds is 7.